The lowest BCUT2D eigenvalue weighted by Crippen LogP contribution is -2.34. The first-order valence-corrected chi connectivity index (χ1v) is 7.84. The molecule has 0 spiro atoms. The van der Waals surface area contributed by atoms with E-state index in [1.54, 1.807) is 0 Å². The Morgan fingerprint density at radius 2 is 2.19 bits per heavy atom. The normalized spacial score (nSPS) is 20.6. The zero-order valence-corrected chi connectivity index (χ0v) is 11.8. The van der Waals surface area contributed by atoms with Crippen LogP contribution in [0.5, 0.6) is 5.88 Å². The molecule has 1 atom stereocenters. The number of ether oxygens (including phenoxy) is 1. The lowest BCUT2D eigenvalue weighted by atomic mass is 10.3. The zero-order chi connectivity index (χ0) is 15.5. The Kier molecular flexibility index (Phi) is 4.67. The van der Waals surface area contributed by atoms with Gasteiger partial charge in [0.25, 0.3) is 0 Å². The fraction of sp³-hybridized carbons (Fsp3) is 0.636. The Balaban J connectivity index is 1.89. The first kappa shape index (κ1) is 16.0. The second-order valence-electron chi connectivity index (χ2n) is 4.62. The second kappa shape index (κ2) is 6.14. The molecule has 2 heterocycles. The van der Waals surface area contributed by atoms with E-state index >= 15 is 0 Å². The SMILES string of the molecule is O=S(=O)(CCC(F)(F)F)N1CC[C@H](Oc2ccncn2)C1. The van der Waals surface area contributed by atoms with Crippen LogP contribution in [-0.4, -0.2) is 53.8 Å². The molecule has 118 valence electrons. The number of alkyl halides is 3. The fourth-order valence-electron chi connectivity index (χ4n) is 1.94. The number of sulfonamides is 1. The molecule has 1 aromatic rings. The van der Waals surface area contributed by atoms with Gasteiger partial charge in [0.1, 0.15) is 12.4 Å². The van der Waals surface area contributed by atoms with E-state index in [1.165, 1.54) is 18.6 Å². The van der Waals surface area contributed by atoms with Gasteiger partial charge in [-0.05, 0) is 6.42 Å². The molecule has 0 aliphatic carbocycles. The molecule has 0 amide bonds. The summed E-state index contributed by atoms with van der Waals surface area (Å²) in [5.41, 5.74) is 0. The molecule has 1 aliphatic heterocycles. The van der Waals surface area contributed by atoms with E-state index in [1.807, 2.05) is 0 Å². The average molecular weight is 325 g/mol. The van der Waals surface area contributed by atoms with Gasteiger partial charge in [0, 0.05) is 18.8 Å². The Bertz CT molecular complexity index is 565. The third kappa shape index (κ3) is 4.81. The lowest BCUT2D eigenvalue weighted by Gasteiger charge is -2.17. The highest BCUT2D eigenvalue weighted by molar-refractivity contribution is 7.89. The van der Waals surface area contributed by atoms with Crippen molar-refractivity contribution >= 4 is 10.0 Å². The Morgan fingerprint density at radius 1 is 1.43 bits per heavy atom. The number of rotatable bonds is 5. The molecular formula is C11H14F3N3O3S. The quantitative estimate of drug-likeness (QED) is 0.814. The summed E-state index contributed by atoms with van der Waals surface area (Å²) in [6, 6.07) is 1.53. The van der Waals surface area contributed by atoms with Gasteiger partial charge in [0.2, 0.25) is 15.9 Å². The van der Waals surface area contributed by atoms with Crippen molar-refractivity contribution < 1.29 is 26.3 Å². The van der Waals surface area contributed by atoms with Crippen molar-refractivity contribution in [2.24, 2.45) is 0 Å². The van der Waals surface area contributed by atoms with Crippen LogP contribution < -0.4 is 4.74 Å². The highest BCUT2D eigenvalue weighted by Crippen LogP contribution is 2.23. The Labute approximate surface area is 120 Å². The lowest BCUT2D eigenvalue weighted by molar-refractivity contribution is -0.130. The molecule has 0 unspecified atom stereocenters. The smallest absolute Gasteiger partial charge is 0.390 e. The summed E-state index contributed by atoms with van der Waals surface area (Å²) in [7, 11) is -3.92. The van der Waals surface area contributed by atoms with Crippen molar-refractivity contribution in [1.29, 1.82) is 0 Å². The summed E-state index contributed by atoms with van der Waals surface area (Å²) in [6.45, 7) is 0.181. The van der Waals surface area contributed by atoms with Crippen LogP contribution in [0.2, 0.25) is 0 Å². The minimum Gasteiger partial charge on any atom is -0.473 e. The van der Waals surface area contributed by atoms with Gasteiger partial charge in [-0.1, -0.05) is 0 Å². The van der Waals surface area contributed by atoms with Crippen LogP contribution in [0.15, 0.2) is 18.6 Å². The predicted molar refractivity (Wildman–Crippen MR) is 67.1 cm³/mol. The molecule has 6 nitrogen and oxygen atoms in total. The minimum absolute atomic E-state index is 0.0319. The molecule has 1 saturated heterocycles. The number of aromatic nitrogens is 2. The van der Waals surface area contributed by atoms with Crippen LogP contribution in [-0.2, 0) is 10.0 Å². The van der Waals surface area contributed by atoms with Crippen molar-refractivity contribution in [2.75, 3.05) is 18.8 Å². The number of halogens is 3. The maximum absolute atomic E-state index is 12.1. The van der Waals surface area contributed by atoms with Crippen LogP contribution in [0.3, 0.4) is 0 Å². The van der Waals surface area contributed by atoms with E-state index in [4.69, 9.17) is 4.74 Å². The first-order valence-electron chi connectivity index (χ1n) is 6.23. The van der Waals surface area contributed by atoms with Gasteiger partial charge in [0.05, 0.1) is 18.7 Å². The van der Waals surface area contributed by atoms with E-state index in [9.17, 15) is 21.6 Å². The van der Waals surface area contributed by atoms with Crippen molar-refractivity contribution in [1.82, 2.24) is 14.3 Å². The van der Waals surface area contributed by atoms with Gasteiger partial charge in [-0.15, -0.1) is 0 Å². The summed E-state index contributed by atoms with van der Waals surface area (Å²) in [5, 5.41) is 0. The molecular weight excluding hydrogens is 311 g/mol. The second-order valence-corrected chi connectivity index (χ2v) is 6.70. The van der Waals surface area contributed by atoms with Gasteiger partial charge in [-0.25, -0.2) is 18.4 Å². The van der Waals surface area contributed by atoms with Gasteiger partial charge >= 0.3 is 6.18 Å². The number of hydrogen-bond donors (Lipinski definition) is 0. The maximum Gasteiger partial charge on any atom is 0.390 e. The molecule has 0 saturated carbocycles. The van der Waals surface area contributed by atoms with Gasteiger partial charge < -0.3 is 4.74 Å². The maximum atomic E-state index is 12.1. The Hall–Kier alpha value is -1.42. The molecule has 0 bridgehead atoms. The summed E-state index contributed by atoms with van der Waals surface area (Å²) in [4.78, 5) is 7.57. The van der Waals surface area contributed by atoms with Crippen molar-refractivity contribution in [2.45, 2.75) is 25.1 Å². The minimum atomic E-state index is -4.48. The first-order chi connectivity index (χ1) is 9.76. The summed E-state index contributed by atoms with van der Waals surface area (Å²) in [6.07, 6.45) is -3.06. The zero-order valence-electron chi connectivity index (χ0n) is 11.0. The third-order valence-electron chi connectivity index (χ3n) is 2.99. The monoisotopic (exact) mass is 325 g/mol. The van der Waals surface area contributed by atoms with Gasteiger partial charge in [-0.2, -0.15) is 17.5 Å². The standard InChI is InChI=1S/C11H14F3N3O3S/c12-11(13,14)3-6-21(18,19)17-5-2-9(7-17)20-10-1-4-15-8-16-10/h1,4,8-9H,2-3,5-7H2/t9-/m0/s1. The van der Waals surface area contributed by atoms with Crippen molar-refractivity contribution in [3.05, 3.63) is 18.6 Å². The average Bonchev–Trinajstić information content (AvgIpc) is 2.86. The summed E-state index contributed by atoms with van der Waals surface area (Å²) < 4.78 is 66.5. The van der Waals surface area contributed by atoms with Crippen molar-refractivity contribution in [3.63, 3.8) is 0 Å². The summed E-state index contributed by atoms with van der Waals surface area (Å²) >= 11 is 0. The van der Waals surface area contributed by atoms with E-state index < -0.39 is 34.5 Å². The van der Waals surface area contributed by atoms with Crippen LogP contribution in [0.25, 0.3) is 0 Å². The molecule has 0 aromatic carbocycles. The molecule has 0 N–H and O–H groups in total. The molecule has 0 radical (unpaired) electrons. The fourth-order valence-corrected chi connectivity index (χ4v) is 3.46. The molecule has 1 fully saturated rings. The van der Waals surface area contributed by atoms with Crippen LogP contribution >= 0.6 is 0 Å². The topological polar surface area (TPSA) is 72.4 Å². The highest BCUT2D eigenvalue weighted by atomic mass is 32.2. The largest absolute Gasteiger partial charge is 0.473 e. The molecule has 1 aliphatic rings. The number of nitrogens with zero attached hydrogens (tertiary/aromatic N) is 3. The molecule has 2 rings (SSSR count). The van der Waals surface area contributed by atoms with Crippen molar-refractivity contribution in [3.8, 4) is 5.88 Å². The van der Waals surface area contributed by atoms with Crippen LogP contribution in [0.4, 0.5) is 13.2 Å². The van der Waals surface area contributed by atoms with Crippen LogP contribution in [0, 0.1) is 0 Å². The number of hydrogen-bond acceptors (Lipinski definition) is 5. The van der Waals surface area contributed by atoms with Crippen LogP contribution in [0.1, 0.15) is 12.8 Å². The van der Waals surface area contributed by atoms with Gasteiger partial charge in [0.15, 0.2) is 0 Å². The highest BCUT2D eigenvalue weighted by Gasteiger charge is 2.36. The molecule has 21 heavy (non-hydrogen) atoms. The van der Waals surface area contributed by atoms with E-state index in [-0.39, 0.29) is 13.1 Å². The van der Waals surface area contributed by atoms with E-state index in [0.717, 1.165) is 4.31 Å². The third-order valence-corrected chi connectivity index (χ3v) is 4.83. The predicted octanol–water partition coefficient (Wildman–Crippen LogP) is 1.21. The van der Waals surface area contributed by atoms with Gasteiger partial charge in [-0.3, -0.25) is 0 Å². The Morgan fingerprint density at radius 3 is 2.81 bits per heavy atom. The summed E-state index contributed by atoms with van der Waals surface area (Å²) in [5.74, 6) is -0.624. The molecule has 1 aromatic heterocycles. The van der Waals surface area contributed by atoms with E-state index in [0.29, 0.717) is 12.3 Å². The molecule has 10 heteroatoms. The van der Waals surface area contributed by atoms with E-state index in [2.05, 4.69) is 9.97 Å².